The highest BCUT2D eigenvalue weighted by atomic mass is 35.5. The van der Waals surface area contributed by atoms with E-state index in [-0.39, 0.29) is 39.4 Å². The fraction of sp³-hybridized carbons (Fsp3) is 0.0526. The number of hydrazone groups is 1. The molecule has 0 aliphatic carbocycles. The maximum atomic E-state index is 12.8. The lowest BCUT2D eigenvalue weighted by molar-refractivity contribution is -0.385. The number of thioether (sulfide) groups is 1. The second-order valence-electron chi connectivity index (χ2n) is 6.50. The van der Waals surface area contributed by atoms with Gasteiger partial charge < -0.3 is 5.73 Å². The molecule has 15 heteroatoms. The molecule has 2 aromatic heterocycles. The average molecular weight is 500 g/mol. The Morgan fingerprint density at radius 2 is 2.06 bits per heavy atom. The first-order valence-corrected chi connectivity index (χ1v) is 10.8. The number of nitrogens with zero attached hydrogens (tertiary/aromatic N) is 7. The Morgan fingerprint density at radius 1 is 1.26 bits per heavy atom. The van der Waals surface area contributed by atoms with Crippen LogP contribution in [0.2, 0.25) is 5.02 Å². The molecule has 0 spiro atoms. The zero-order valence-corrected chi connectivity index (χ0v) is 18.6. The molecule has 1 amide bonds. The summed E-state index contributed by atoms with van der Waals surface area (Å²) in [6.45, 7) is 0. The third-order valence-corrected chi connectivity index (χ3v) is 5.73. The van der Waals surface area contributed by atoms with E-state index < -0.39 is 10.8 Å². The van der Waals surface area contributed by atoms with Gasteiger partial charge in [-0.2, -0.15) is 9.78 Å². The first kappa shape index (κ1) is 22.9. The van der Waals surface area contributed by atoms with Gasteiger partial charge in [-0.15, -0.1) is 16.9 Å². The maximum Gasteiger partial charge on any atom is 0.293 e. The Labute approximate surface area is 200 Å². The Balaban J connectivity index is 1.60. The van der Waals surface area contributed by atoms with Crippen molar-refractivity contribution in [3.8, 4) is 5.82 Å². The molecule has 2 heterocycles. The van der Waals surface area contributed by atoms with Crippen LogP contribution in [0.4, 0.5) is 11.5 Å². The van der Waals surface area contributed by atoms with Crippen LogP contribution >= 0.6 is 23.4 Å². The van der Waals surface area contributed by atoms with Crippen molar-refractivity contribution in [3.05, 3.63) is 80.6 Å². The minimum Gasteiger partial charge on any atom is -0.378 e. The number of halogens is 1. The summed E-state index contributed by atoms with van der Waals surface area (Å²) in [6, 6.07) is 13.7. The van der Waals surface area contributed by atoms with E-state index in [9.17, 15) is 14.9 Å². The molecular formula is C19H14ClN9O4S. The largest absolute Gasteiger partial charge is 0.378 e. The third kappa shape index (κ3) is 4.87. The Bertz CT molecular complexity index is 1370. The molecule has 0 saturated heterocycles. The first-order chi connectivity index (χ1) is 16.5. The van der Waals surface area contributed by atoms with Crippen LogP contribution in [0.3, 0.4) is 0 Å². The highest BCUT2D eigenvalue weighted by molar-refractivity contribution is 7.98. The summed E-state index contributed by atoms with van der Waals surface area (Å²) < 4.78 is 5.88. The second-order valence-corrected chi connectivity index (χ2v) is 7.96. The number of anilines is 1. The summed E-state index contributed by atoms with van der Waals surface area (Å²) in [7, 11) is 0. The second kappa shape index (κ2) is 10.1. The molecule has 13 nitrogen and oxygen atoms in total. The summed E-state index contributed by atoms with van der Waals surface area (Å²) in [6.07, 6.45) is 1.08. The van der Waals surface area contributed by atoms with E-state index in [0.717, 1.165) is 11.1 Å². The van der Waals surface area contributed by atoms with Gasteiger partial charge in [-0.25, -0.2) is 10.1 Å². The quantitative estimate of drug-likeness (QED) is 0.158. The van der Waals surface area contributed by atoms with Crippen LogP contribution in [0, 0.1) is 10.1 Å². The van der Waals surface area contributed by atoms with E-state index in [2.05, 4.69) is 35.8 Å². The first-order valence-electron chi connectivity index (χ1n) is 9.43. The van der Waals surface area contributed by atoms with Gasteiger partial charge >= 0.3 is 0 Å². The maximum absolute atomic E-state index is 12.8. The number of nitrogens with one attached hydrogen (secondary N) is 1. The van der Waals surface area contributed by atoms with Gasteiger partial charge in [0.05, 0.1) is 27.4 Å². The molecule has 0 unspecified atom stereocenters. The molecule has 0 saturated carbocycles. The number of aromatic nitrogens is 5. The number of rotatable bonds is 8. The molecule has 0 bridgehead atoms. The lowest BCUT2D eigenvalue weighted by atomic mass is 10.2. The van der Waals surface area contributed by atoms with Crippen molar-refractivity contribution >= 4 is 47.0 Å². The van der Waals surface area contributed by atoms with Gasteiger partial charge in [-0.05, 0) is 28.5 Å². The highest BCUT2D eigenvalue weighted by Crippen LogP contribution is 2.26. The van der Waals surface area contributed by atoms with Crippen molar-refractivity contribution in [3.63, 3.8) is 0 Å². The number of nitro groups is 1. The summed E-state index contributed by atoms with van der Waals surface area (Å²) in [5.74, 6) is -0.403. The monoisotopic (exact) mass is 499 g/mol. The zero-order chi connectivity index (χ0) is 24.1. The van der Waals surface area contributed by atoms with Crippen molar-refractivity contribution in [1.82, 2.24) is 30.7 Å². The normalized spacial score (nSPS) is 11.1. The van der Waals surface area contributed by atoms with Gasteiger partial charge in [0.15, 0.2) is 5.69 Å². The Hall–Kier alpha value is -4.30. The van der Waals surface area contributed by atoms with Crippen molar-refractivity contribution in [2.24, 2.45) is 5.10 Å². The van der Waals surface area contributed by atoms with E-state index in [4.69, 9.17) is 17.3 Å². The molecule has 4 rings (SSSR count). The minimum atomic E-state index is -0.712. The number of carbonyl (C=O) groups excluding carboxylic acids is 1. The Kier molecular flexibility index (Phi) is 6.79. The number of nitro benzene ring substituents is 1. The van der Waals surface area contributed by atoms with Crippen LogP contribution in [-0.2, 0) is 5.75 Å². The minimum absolute atomic E-state index is 0.0353. The van der Waals surface area contributed by atoms with Crippen LogP contribution in [0.1, 0.15) is 21.7 Å². The number of nitrogens with two attached hydrogens (primary N) is 1. The summed E-state index contributed by atoms with van der Waals surface area (Å²) in [4.78, 5) is 24.4. The molecule has 2 aromatic carbocycles. The molecule has 4 aromatic rings. The van der Waals surface area contributed by atoms with Gasteiger partial charge in [0.25, 0.3) is 11.6 Å². The van der Waals surface area contributed by atoms with E-state index in [0.29, 0.717) is 5.69 Å². The van der Waals surface area contributed by atoms with E-state index in [1.165, 1.54) is 34.6 Å². The average Bonchev–Trinajstić information content (AvgIpc) is 3.44. The lowest BCUT2D eigenvalue weighted by Crippen LogP contribution is -2.20. The summed E-state index contributed by atoms with van der Waals surface area (Å²) in [5, 5.41) is 30.2. The van der Waals surface area contributed by atoms with Crippen molar-refractivity contribution in [2.45, 2.75) is 10.6 Å². The number of carbonyl (C=O) groups is 1. The third-order valence-electron chi connectivity index (χ3n) is 4.38. The van der Waals surface area contributed by atoms with Crippen LogP contribution < -0.4 is 11.2 Å². The van der Waals surface area contributed by atoms with Crippen LogP contribution in [0.25, 0.3) is 5.82 Å². The molecule has 0 aliphatic heterocycles. The molecular weight excluding hydrogens is 486 g/mol. The lowest BCUT2D eigenvalue weighted by Gasteiger charge is -2.06. The van der Waals surface area contributed by atoms with E-state index in [1.807, 2.05) is 30.3 Å². The fourth-order valence-electron chi connectivity index (χ4n) is 2.80. The number of hydrogen-bond donors (Lipinski definition) is 2. The predicted octanol–water partition coefficient (Wildman–Crippen LogP) is 2.85. The van der Waals surface area contributed by atoms with Gasteiger partial charge in [0.1, 0.15) is 0 Å². The number of nitrogen functional groups attached to an aromatic ring is 1. The van der Waals surface area contributed by atoms with Gasteiger partial charge in [-0.3, -0.25) is 14.9 Å². The van der Waals surface area contributed by atoms with E-state index in [1.54, 1.807) is 0 Å². The molecule has 34 heavy (non-hydrogen) atoms. The van der Waals surface area contributed by atoms with Gasteiger partial charge in [-0.1, -0.05) is 41.1 Å². The summed E-state index contributed by atoms with van der Waals surface area (Å²) >= 11 is 7.46. The van der Waals surface area contributed by atoms with Crippen molar-refractivity contribution in [1.29, 1.82) is 0 Å². The topological polar surface area (TPSA) is 180 Å². The highest BCUT2D eigenvalue weighted by Gasteiger charge is 2.24. The number of hydrogen-bond acceptors (Lipinski definition) is 11. The Morgan fingerprint density at radius 3 is 2.76 bits per heavy atom. The fourth-order valence-corrected chi connectivity index (χ4v) is 3.94. The smallest absolute Gasteiger partial charge is 0.293 e. The standard InChI is InChI=1S/C19H14ClN9O4S/c20-13-7-4-8-14(29(31)32)12(13)9-22-24-19(30)16-15(10-34-11-5-2-1-3-6-11)28(27-23-16)18-17(21)25-33-26-18/h1-9H,10H2,(H2,21,25)(H,24,30). The van der Waals surface area contributed by atoms with Crippen LogP contribution in [-0.4, -0.2) is 42.4 Å². The molecule has 3 N–H and O–H groups in total. The molecule has 0 fully saturated rings. The van der Waals surface area contributed by atoms with Crippen LogP contribution in [0.15, 0.2) is 63.2 Å². The van der Waals surface area contributed by atoms with Crippen molar-refractivity contribution < 1.29 is 14.3 Å². The summed E-state index contributed by atoms with van der Waals surface area (Å²) in [5.41, 5.74) is 8.14. The molecule has 0 radical (unpaired) electrons. The van der Waals surface area contributed by atoms with Crippen LogP contribution in [0.5, 0.6) is 0 Å². The van der Waals surface area contributed by atoms with Gasteiger partial charge in [0.2, 0.25) is 11.6 Å². The zero-order valence-electron chi connectivity index (χ0n) is 17.0. The SMILES string of the molecule is Nc1nonc1-n1nnc(C(=O)NN=Cc2c(Cl)cccc2[N+](=O)[O-])c1CSc1ccccc1. The predicted molar refractivity (Wildman–Crippen MR) is 123 cm³/mol. The molecule has 0 atom stereocenters. The molecule has 172 valence electrons. The van der Waals surface area contributed by atoms with E-state index >= 15 is 0 Å². The number of benzene rings is 2. The number of amides is 1. The molecule has 0 aliphatic rings. The van der Waals surface area contributed by atoms with Crippen molar-refractivity contribution in [2.75, 3.05) is 5.73 Å². The van der Waals surface area contributed by atoms with Gasteiger partial charge in [0, 0.05) is 16.7 Å².